The minimum absolute atomic E-state index is 0.277. The first-order valence-corrected chi connectivity index (χ1v) is 4.90. The van der Waals surface area contributed by atoms with Crippen molar-refractivity contribution >= 4 is 0 Å². The third kappa shape index (κ3) is 2.10. The Morgan fingerprint density at radius 3 is 3.00 bits per heavy atom. The van der Waals surface area contributed by atoms with Gasteiger partial charge < -0.3 is 14.6 Å². The van der Waals surface area contributed by atoms with Crippen LogP contribution in [-0.4, -0.2) is 28.9 Å². The van der Waals surface area contributed by atoms with Crippen LogP contribution in [-0.2, 0) is 11.3 Å². The summed E-state index contributed by atoms with van der Waals surface area (Å²) >= 11 is 0. The van der Waals surface area contributed by atoms with E-state index in [1.54, 1.807) is 0 Å². The first kappa shape index (κ1) is 9.61. The molecule has 2 atom stereocenters. The predicted octanol–water partition coefficient (Wildman–Crippen LogP) is 0.645. The molecule has 0 radical (unpaired) electrons. The van der Waals surface area contributed by atoms with Crippen LogP contribution in [0.3, 0.4) is 0 Å². The molecule has 1 fully saturated rings. The predicted molar refractivity (Wildman–Crippen MR) is 49.7 cm³/mol. The molecule has 0 aliphatic carbocycles. The fourth-order valence-corrected chi connectivity index (χ4v) is 1.63. The molecule has 2 heterocycles. The Hall–Kier alpha value is -0.940. The third-order valence-electron chi connectivity index (χ3n) is 2.46. The Balaban J connectivity index is 1.82. The summed E-state index contributed by atoms with van der Waals surface area (Å²) in [7, 11) is 0. The lowest BCUT2D eigenvalue weighted by molar-refractivity contribution is 0.112. The van der Waals surface area contributed by atoms with Gasteiger partial charge in [0.1, 0.15) is 0 Å². The van der Waals surface area contributed by atoms with Crippen LogP contribution in [0.15, 0.2) is 4.52 Å². The zero-order valence-corrected chi connectivity index (χ0v) is 8.49. The summed E-state index contributed by atoms with van der Waals surface area (Å²) in [4.78, 5) is 4.12. The SMILES string of the molecule is Cc1noc(CNC2CCOC2C)n1. The molecule has 0 bridgehead atoms. The van der Waals surface area contributed by atoms with E-state index in [-0.39, 0.29) is 6.10 Å². The zero-order chi connectivity index (χ0) is 9.97. The quantitative estimate of drug-likeness (QED) is 0.770. The van der Waals surface area contributed by atoms with Gasteiger partial charge in [0.25, 0.3) is 0 Å². The van der Waals surface area contributed by atoms with E-state index in [0.29, 0.717) is 24.3 Å². The highest BCUT2D eigenvalue weighted by atomic mass is 16.5. The van der Waals surface area contributed by atoms with Gasteiger partial charge >= 0.3 is 0 Å². The molecule has 0 spiro atoms. The molecule has 1 saturated heterocycles. The molecule has 1 aliphatic rings. The Labute approximate surface area is 82.8 Å². The van der Waals surface area contributed by atoms with E-state index in [1.165, 1.54) is 0 Å². The molecule has 1 aliphatic heterocycles. The first-order chi connectivity index (χ1) is 6.75. The van der Waals surface area contributed by atoms with E-state index in [2.05, 4.69) is 22.4 Å². The number of hydrogen-bond donors (Lipinski definition) is 1. The van der Waals surface area contributed by atoms with Crippen LogP contribution in [0.5, 0.6) is 0 Å². The van der Waals surface area contributed by atoms with Crippen molar-refractivity contribution in [2.24, 2.45) is 0 Å². The number of nitrogens with zero attached hydrogens (tertiary/aromatic N) is 2. The summed E-state index contributed by atoms with van der Waals surface area (Å²) < 4.78 is 10.4. The number of aryl methyl sites for hydroxylation is 1. The molecule has 5 nitrogen and oxygen atoms in total. The topological polar surface area (TPSA) is 60.2 Å². The maximum absolute atomic E-state index is 5.43. The average molecular weight is 197 g/mol. The minimum atomic E-state index is 0.277. The molecule has 2 unspecified atom stereocenters. The summed E-state index contributed by atoms with van der Waals surface area (Å²) in [6.45, 7) is 5.35. The van der Waals surface area contributed by atoms with Gasteiger partial charge in [-0.05, 0) is 20.3 Å². The highest BCUT2D eigenvalue weighted by Gasteiger charge is 2.23. The van der Waals surface area contributed by atoms with Gasteiger partial charge in [-0.25, -0.2) is 0 Å². The first-order valence-electron chi connectivity index (χ1n) is 4.90. The van der Waals surface area contributed by atoms with Crippen molar-refractivity contribution in [3.8, 4) is 0 Å². The van der Waals surface area contributed by atoms with Gasteiger partial charge in [-0.15, -0.1) is 0 Å². The number of ether oxygens (including phenoxy) is 1. The molecular weight excluding hydrogens is 182 g/mol. The van der Waals surface area contributed by atoms with E-state index in [9.17, 15) is 0 Å². The third-order valence-corrected chi connectivity index (χ3v) is 2.46. The second-order valence-electron chi connectivity index (χ2n) is 3.59. The Morgan fingerprint density at radius 1 is 1.57 bits per heavy atom. The molecular formula is C9H15N3O2. The summed E-state index contributed by atoms with van der Waals surface area (Å²) in [6, 6.07) is 0.405. The lowest BCUT2D eigenvalue weighted by Crippen LogP contribution is -2.34. The number of aromatic nitrogens is 2. The van der Waals surface area contributed by atoms with Crippen molar-refractivity contribution in [3.63, 3.8) is 0 Å². The lowest BCUT2D eigenvalue weighted by Gasteiger charge is -2.13. The van der Waals surface area contributed by atoms with Crippen molar-refractivity contribution in [3.05, 3.63) is 11.7 Å². The molecule has 5 heteroatoms. The van der Waals surface area contributed by atoms with Crippen LogP contribution in [0.4, 0.5) is 0 Å². The van der Waals surface area contributed by atoms with Gasteiger partial charge in [-0.2, -0.15) is 4.98 Å². The highest BCUT2D eigenvalue weighted by Crippen LogP contribution is 2.12. The van der Waals surface area contributed by atoms with Crippen LogP contribution in [0.1, 0.15) is 25.1 Å². The minimum Gasteiger partial charge on any atom is -0.377 e. The summed E-state index contributed by atoms with van der Waals surface area (Å²) in [5.74, 6) is 1.32. The van der Waals surface area contributed by atoms with Gasteiger partial charge in [-0.3, -0.25) is 0 Å². The van der Waals surface area contributed by atoms with E-state index in [0.717, 1.165) is 13.0 Å². The van der Waals surface area contributed by atoms with E-state index < -0.39 is 0 Å². The van der Waals surface area contributed by atoms with Gasteiger partial charge in [0.05, 0.1) is 12.6 Å². The van der Waals surface area contributed by atoms with Crippen molar-refractivity contribution in [1.29, 1.82) is 0 Å². The Bertz CT molecular complexity index is 300. The molecule has 78 valence electrons. The smallest absolute Gasteiger partial charge is 0.240 e. The van der Waals surface area contributed by atoms with Crippen LogP contribution >= 0.6 is 0 Å². The Morgan fingerprint density at radius 2 is 2.43 bits per heavy atom. The van der Waals surface area contributed by atoms with Crippen LogP contribution in [0.25, 0.3) is 0 Å². The maximum atomic E-state index is 5.43. The van der Waals surface area contributed by atoms with Crippen molar-refractivity contribution < 1.29 is 9.26 Å². The van der Waals surface area contributed by atoms with E-state index in [4.69, 9.17) is 9.26 Å². The standard InChI is InChI=1S/C9H15N3O2/c1-6-8(3-4-13-6)10-5-9-11-7(2)12-14-9/h6,8,10H,3-5H2,1-2H3. The van der Waals surface area contributed by atoms with Crippen molar-refractivity contribution in [2.75, 3.05) is 6.61 Å². The van der Waals surface area contributed by atoms with Crippen LogP contribution in [0.2, 0.25) is 0 Å². The second kappa shape index (κ2) is 4.06. The molecule has 0 aromatic carbocycles. The summed E-state index contributed by atoms with van der Waals surface area (Å²) in [6.07, 6.45) is 1.33. The normalized spacial score (nSPS) is 27.0. The van der Waals surface area contributed by atoms with Gasteiger partial charge in [-0.1, -0.05) is 5.16 Å². The second-order valence-corrected chi connectivity index (χ2v) is 3.59. The van der Waals surface area contributed by atoms with Gasteiger partial charge in [0.15, 0.2) is 5.82 Å². The molecule has 14 heavy (non-hydrogen) atoms. The number of rotatable bonds is 3. The number of nitrogens with one attached hydrogen (secondary N) is 1. The molecule has 0 amide bonds. The van der Waals surface area contributed by atoms with E-state index >= 15 is 0 Å². The molecule has 2 rings (SSSR count). The maximum Gasteiger partial charge on any atom is 0.240 e. The van der Waals surface area contributed by atoms with Crippen LogP contribution < -0.4 is 5.32 Å². The molecule has 1 N–H and O–H groups in total. The van der Waals surface area contributed by atoms with Gasteiger partial charge in [0, 0.05) is 12.6 Å². The zero-order valence-electron chi connectivity index (χ0n) is 8.49. The fraction of sp³-hybridized carbons (Fsp3) is 0.778. The molecule has 0 saturated carbocycles. The van der Waals surface area contributed by atoms with E-state index in [1.807, 2.05) is 6.92 Å². The van der Waals surface area contributed by atoms with Crippen molar-refractivity contribution in [1.82, 2.24) is 15.5 Å². The van der Waals surface area contributed by atoms with Crippen LogP contribution in [0, 0.1) is 6.92 Å². The molecule has 1 aromatic heterocycles. The van der Waals surface area contributed by atoms with Crippen molar-refractivity contribution in [2.45, 2.75) is 39.0 Å². The number of hydrogen-bond acceptors (Lipinski definition) is 5. The summed E-state index contributed by atoms with van der Waals surface area (Å²) in [5.41, 5.74) is 0. The lowest BCUT2D eigenvalue weighted by atomic mass is 10.1. The highest BCUT2D eigenvalue weighted by molar-refractivity contribution is 4.85. The summed E-state index contributed by atoms with van der Waals surface area (Å²) in [5, 5.41) is 7.06. The van der Waals surface area contributed by atoms with Gasteiger partial charge in [0.2, 0.25) is 5.89 Å². The average Bonchev–Trinajstić information content (AvgIpc) is 2.72. The largest absolute Gasteiger partial charge is 0.377 e. The fourth-order valence-electron chi connectivity index (χ4n) is 1.63. The Kier molecular flexibility index (Phi) is 2.79. The monoisotopic (exact) mass is 197 g/mol. The molecule has 1 aromatic rings.